The number of amides is 3. The lowest BCUT2D eigenvalue weighted by Crippen LogP contribution is -2.53. The summed E-state index contributed by atoms with van der Waals surface area (Å²) in [7, 11) is 0. The van der Waals surface area contributed by atoms with Crippen molar-refractivity contribution in [2.24, 2.45) is 5.92 Å². The van der Waals surface area contributed by atoms with Gasteiger partial charge >= 0.3 is 6.03 Å². The largest absolute Gasteiger partial charge is 0.352 e. The molecule has 0 aliphatic carbocycles. The number of hydrogen-bond acceptors (Lipinski definition) is 3. The van der Waals surface area contributed by atoms with Crippen molar-refractivity contribution < 1.29 is 14.4 Å². The maximum Gasteiger partial charge on any atom is 0.324 e. The van der Waals surface area contributed by atoms with Gasteiger partial charge in [-0.15, -0.1) is 0 Å². The fourth-order valence-corrected chi connectivity index (χ4v) is 4.03. The molecular weight excluding hydrogens is 458 g/mol. The maximum atomic E-state index is 13.3. The van der Waals surface area contributed by atoms with Gasteiger partial charge in [-0.2, -0.15) is 0 Å². The first-order valence-electron chi connectivity index (χ1n) is 10.6. The van der Waals surface area contributed by atoms with Gasteiger partial charge in [-0.05, 0) is 42.3 Å². The van der Waals surface area contributed by atoms with Gasteiger partial charge in [0.1, 0.15) is 6.29 Å². The molecule has 0 aromatic heterocycles. The van der Waals surface area contributed by atoms with E-state index in [4.69, 9.17) is 0 Å². The van der Waals surface area contributed by atoms with Crippen LogP contribution in [0.5, 0.6) is 0 Å². The number of hydrogen-bond donors (Lipinski definition) is 1. The van der Waals surface area contributed by atoms with Crippen LogP contribution in [0, 0.1) is 5.92 Å². The third kappa shape index (κ3) is 5.94. The van der Waals surface area contributed by atoms with Crippen LogP contribution >= 0.6 is 15.9 Å². The standard InChI is InChI=1S/C24H28BrN3O3/c1-2-3-13-26-23(30)22-7-5-4-6-19(22)17-27-15-18(12-14-29)16-28(24(27)31)21-10-8-20(25)9-11-21/h4-11,14,18H,2-3,12-13,15-17H2,1H3,(H,26,30). The molecule has 6 nitrogen and oxygen atoms in total. The number of unbranched alkanes of at least 4 members (excludes halogenated alkanes) is 1. The molecule has 164 valence electrons. The maximum absolute atomic E-state index is 13.3. The number of carbonyl (C=O) groups is 3. The van der Waals surface area contributed by atoms with E-state index in [2.05, 4.69) is 28.2 Å². The van der Waals surface area contributed by atoms with E-state index in [1.54, 1.807) is 15.9 Å². The van der Waals surface area contributed by atoms with Gasteiger partial charge in [-0.1, -0.05) is 47.5 Å². The smallest absolute Gasteiger partial charge is 0.324 e. The molecule has 1 fully saturated rings. The van der Waals surface area contributed by atoms with E-state index in [1.165, 1.54) is 0 Å². The molecule has 1 aliphatic heterocycles. The molecule has 1 atom stereocenters. The van der Waals surface area contributed by atoms with E-state index in [-0.39, 0.29) is 17.9 Å². The summed E-state index contributed by atoms with van der Waals surface area (Å²) in [5, 5.41) is 2.95. The summed E-state index contributed by atoms with van der Waals surface area (Å²) in [6.07, 6.45) is 3.23. The van der Waals surface area contributed by atoms with Gasteiger partial charge in [0.2, 0.25) is 0 Å². The molecule has 0 bridgehead atoms. The molecule has 31 heavy (non-hydrogen) atoms. The van der Waals surface area contributed by atoms with Gasteiger partial charge in [-0.3, -0.25) is 9.69 Å². The van der Waals surface area contributed by atoms with E-state index in [1.807, 2.05) is 42.5 Å². The Morgan fingerprint density at radius 3 is 2.61 bits per heavy atom. The lowest BCUT2D eigenvalue weighted by atomic mass is 10.0. The lowest BCUT2D eigenvalue weighted by molar-refractivity contribution is -0.108. The van der Waals surface area contributed by atoms with Crippen LogP contribution in [0.15, 0.2) is 53.0 Å². The quantitative estimate of drug-likeness (QED) is 0.415. The van der Waals surface area contributed by atoms with Crippen molar-refractivity contribution in [3.63, 3.8) is 0 Å². The van der Waals surface area contributed by atoms with Crippen molar-refractivity contribution in [3.8, 4) is 0 Å². The number of carbonyl (C=O) groups excluding carboxylic acids is 3. The Kier molecular flexibility index (Phi) is 8.23. The van der Waals surface area contributed by atoms with E-state index in [9.17, 15) is 14.4 Å². The molecule has 0 radical (unpaired) electrons. The first-order valence-corrected chi connectivity index (χ1v) is 11.4. The second-order valence-electron chi connectivity index (χ2n) is 7.79. The second-order valence-corrected chi connectivity index (χ2v) is 8.70. The summed E-state index contributed by atoms with van der Waals surface area (Å²) < 4.78 is 0.935. The molecule has 1 N–H and O–H groups in total. The van der Waals surface area contributed by atoms with Gasteiger partial charge in [-0.25, -0.2) is 4.79 Å². The van der Waals surface area contributed by atoms with Crippen LogP contribution in [-0.2, 0) is 11.3 Å². The number of benzene rings is 2. The molecule has 2 aromatic rings. The van der Waals surface area contributed by atoms with Crippen LogP contribution in [0.25, 0.3) is 0 Å². The minimum absolute atomic E-state index is 0.0318. The average Bonchev–Trinajstić information content (AvgIpc) is 2.77. The molecule has 2 aromatic carbocycles. The number of halogens is 1. The minimum atomic E-state index is -0.122. The molecule has 0 spiro atoms. The van der Waals surface area contributed by atoms with Crippen LogP contribution in [0.2, 0.25) is 0 Å². The zero-order chi connectivity index (χ0) is 22.2. The van der Waals surface area contributed by atoms with Gasteiger partial charge in [0.05, 0.1) is 0 Å². The van der Waals surface area contributed by atoms with Crippen LogP contribution in [0.1, 0.15) is 42.1 Å². The Bertz CT molecular complexity index is 917. The van der Waals surface area contributed by atoms with Crippen LogP contribution < -0.4 is 10.2 Å². The van der Waals surface area contributed by atoms with Crippen molar-refractivity contribution >= 4 is 39.8 Å². The van der Waals surface area contributed by atoms with Crippen LogP contribution in [0.4, 0.5) is 10.5 Å². The van der Waals surface area contributed by atoms with E-state index in [0.717, 1.165) is 34.9 Å². The number of anilines is 1. The number of aldehydes is 1. The predicted octanol–water partition coefficient (Wildman–Crippen LogP) is 4.63. The molecule has 1 heterocycles. The van der Waals surface area contributed by atoms with Crippen LogP contribution in [0.3, 0.4) is 0 Å². The molecular formula is C24H28BrN3O3. The fraction of sp³-hybridized carbons (Fsp3) is 0.375. The van der Waals surface area contributed by atoms with E-state index < -0.39 is 0 Å². The average molecular weight is 486 g/mol. The molecule has 3 rings (SSSR count). The fourth-order valence-electron chi connectivity index (χ4n) is 3.77. The Hall–Kier alpha value is -2.67. The molecule has 1 aliphatic rings. The van der Waals surface area contributed by atoms with Crippen molar-refractivity contribution in [1.82, 2.24) is 10.2 Å². The molecule has 7 heteroatoms. The lowest BCUT2D eigenvalue weighted by Gasteiger charge is -2.40. The third-order valence-electron chi connectivity index (χ3n) is 5.43. The Balaban J connectivity index is 1.82. The summed E-state index contributed by atoms with van der Waals surface area (Å²) in [5.74, 6) is -0.0906. The summed E-state index contributed by atoms with van der Waals surface area (Å²) in [4.78, 5) is 40.6. The van der Waals surface area contributed by atoms with E-state index >= 15 is 0 Å². The Morgan fingerprint density at radius 2 is 1.90 bits per heavy atom. The molecule has 1 saturated heterocycles. The highest BCUT2D eigenvalue weighted by molar-refractivity contribution is 9.10. The van der Waals surface area contributed by atoms with Crippen molar-refractivity contribution in [1.29, 1.82) is 0 Å². The summed E-state index contributed by atoms with van der Waals surface area (Å²) in [6.45, 7) is 4.00. The van der Waals surface area contributed by atoms with Crippen LogP contribution in [-0.4, -0.2) is 42.8 Å². The highest BCUT2D eigenvalue weighted by Gasteiger charge is 2.33. The minimum Gasteiger partial charge on any atom is -0.352 e. The first-order chi connectivity index (χ1) is 15.0. The zero-order valence-electron chi connectivity index (χ0n) is 17.7. The third-order valence-corrected chi connectivity index (χ3v) is 5.96. The summed E-state index contributed by atoms with van der Waals surface area (Å²) in [6, 6.07) is 14.8. The monoisotopic (exact) mass is 485 g/mol. The summed E-state index contributed by atoms with van der Waals surface area (Å²) in [5.41, 5.74) is 2.17. The van der Waals surface area contributed by atoms with Crippen molar-refractivity contribution in [3.05, 3.63) is 64.1 Å². The van der Waals surface area contributed by atoms with Crippen molar-refractivity contribution in [2.75, 3.05) is 24.5 Å². The number of nitrogens with zero attached hydrogens (tertiary/aromatic N) is 2. The normalized spacial score (nSPS) is 16.3. The Labute approximate surface area is 191 Å². The highest BCUT2D eigenvalue weighted by atomic mass is 79.9. The number of urea groups is 1. The Morgan fingerprint density at radius 1 is 1.16 bits per heavy atom. The molecule has 3 amide bonds. The van der Waals surface area contributed by atoms with Crippen molar-refractivity contribution in [2.45, 2.75) is 32.7 Å². The number of nitrogens with one attached hydrogen (secondary N) is 1. The molecule has 0 saturated carbocycles. The van der Waals surface area contributed by atoms with Gasteiger partial charge < -0.3 is 15.0 Å². The predicted molar refractivity (Wildman–Crippen MR) is 125 cm³/mol. The number of rotatable bonds is 9. The van der Waals surface area contributed by atoms with Gasteiger partial charge in [0.25, 0.3) is 5.91 Å². The van der Waals surface area contributed by atoms with Gasteiger partial charge in [0, 0.05) is 54.2 Å². The topological polar surface area (TPSA) is 69.7 Å². The van der Waals surface area contributed by atoms with Gasteiger partial charge in [0.15, 0.2) is 0 Å². The zero-order valence-corrected chi connectivity index (χ0v) is 19.3. The SMILES string of the molecule is CCCCNC(=O)c1ccccc1CN1CC(CC=O)CN(c2ccc(Br)cc2)C1=O. The second kappa shape index (κ2) is 11.1. The van der Waals surface area contributed by atoms with E-state index in [0.29, 0.717) is 38.2 Å². The first kappa shape index (κ1) is 23.0. The molecule has 1 unspecified atom stereocenters. The summed E-state index contributed by atoms with van der Waals surface area (Å²) >= 11 is 3.42. The highest BCUT2D eigenvalue weighted by Crippen LogP contribution is 2.27.